The van der Waals surface area contributed by atoms with Crippen molar-refractivity contribution in [1.29, 1.82) is 0 Å². The lowest BCUT2D eigenvalue weighted by atomic mass is 10.2. The van der Waals surface area contributed by atoms with Gasteiger partial charge in [0.15, 0.2) is 5.96 Å². The van der Waals surface area contributed by atoms with E-state index < -0.39 is 0 Å². The molecule has 6 nitrogen and oxygen atoms in total. The summed E-state index contributed by atoms with van der Waals surface area (Å²) in [5.74, 6) is 1.45. The molecule has 0 spiro atoms. The number of nitrogens with one attached hydrogen (secondary N) is 2. The third-order valence-electron chi connectivity index (χ3n) is 3.74. The van der Waals surface area contributed by atoms with Gasteiger partial charge in [-0.3, -0.25) is 4.79 Å². The first-order valence-electron chi connectivity index (χ1n) is 9.12. The van der Waals surface area contributed by atoms with Crippen molar-refractivity contribution >= 4 is 17.6 Å². The summed E-state index contributed by atoms with van der Waals surface area (Å²) in [6.45, 7) is 6.11. The Bertz CT molecular complexity index is 747. The van der Waals surface area contributed by atoms with Gasteiger partial charge >= 0.3 is 0 Å². The molecule has 2 rings (SSSR count). The number of guanidine groups is 1. The van der Waals surface area contributed by atoms with Crippen molar-refractivity contribution < 1.29 is 9.53 Å². The predicted molar refractivity (Wildman–Crippen MR) is 110 cm³/mol. The molecule has 0 radical (unpaired) electrons. The molecule has 6 heteroatoms. The topological polar surface area (TPSA) is 66.0 Å². The van der Waals surface area contributed by atoms with E-state index in [9.17, 15) is 4.79 Å². The van der Waals surface area contributed by atoms with Crippen molar-refractivity contribution in [3.05, 3.63) is 60.2 Å². The maximum Gasteiger partial charge on any atom is 0.221 e. The normalized spacial score (nSPS) is 11.0. The first-order chi connectivity index (χ1) is 13.1. The van der Waals surface area contributed by atoms with E-state index in [1.807, 2.05) is 43.4 Å². The molecule has 2 aromatic rings. The third-order valence-corrected chi connectivity index (χ3v) is 3.74. The zero-order valence-electron chi connectivity index (χ0n) is 16.2. The fraction of sp³-hybridized carbons (Fsp3) is 0.333. The Morgan fingerprint density at radius 1 is 1.15 bits per heavy atom. The maximum absolute atomic E-state index is 11.1. The molecule has 0 aliphatic rings. The van der Waals surface area contributed by atoms with Crippen LogP contribution < -0.4 is 15.4 Å². The lowest BCUT2D eigenvalue weighted by Gasteiger charge is -2.22. The van der Waals surface area contributed by atoms with Gasteiger partial charge in [0.05, 0.1) is 6.54 Å². The van der Waals surface area contributed by atoms with Gasteiger partial charge in [-0.2, -0.15) is 0 Å². The number of hydrogen-bond donors (Lipinski definition) is 2. The van der Waals surface area contributed by atoms with E-state index in [0.29, 0.717) is 18.9 Å². The number of hydrogen-bond acceptors (Lipinski definition) is 3. The van der Waals surface area contributed by atoms with Crippen LogP contribution in [0, 0.1) is 0 Å². The highest BCUT2D eigenvalue weighted by Crippen LogP contribution is 2.17. The molecule has 2 N–H and O–H groups in total. The molecule has 27 heavy (non-hydrogen) atoms. The lowest BCUT2D eigenvalue weighted by Crippen LogP contribution is -2.38. The Balaban J connectivity index is 1.88. The van der Waals surface area contributed by atoms with Gasteiger partial charge < -0.3 is 20.3 Å². The molecule has 0 atom stereocenters. The molecule has 2 aromatic carbocycles. The number of ether oxygens (including phenoxy) is 1. The zero-order valence-corrected chi connectivity index (χ0v) is 16.2. The molecule has 0 saturated carbocycles. The molecule has 0 saturated heterocycles. The number of nitrogens with zero attached hydrogens (tertiary/aromatic N) is 2. The Morgan fingerprint density at radius 3 is 2.63 bits per heavy atom. The van der Waals surface area contributed by atoms with Gasteiger partial charge in [-0.1, -0.05) is 36.4 Å². The molecule has 0 aromatic heterocycles. The van der Waals surface area contributed by atoms with Crippen LogP contribution in [0.1, 0.15) is 19.4 Å². The van der Waals surface area contributed by atoms with E-state index in [4.69, 9.17) is 4.74 Å². The summed E-state index contributed by atoms with van der Waals surface area (Å²) in [4.78, 5) is 17.9. The summed E-state index contributed by atoms with van der Waals surface area (Å²) >= 11 is 0. The SMILES string of the molecule is CCNC(=NCCOc1cccc(NC(C)=O)c1)N(C)Cc1ccccc1. The van der Waals surface area contributed by atoms with Crippen molar-refractivity contribution in [3.8, 4) is 5.75 Å². The summed E-state index contributed by atoms with van der Waals surface area (Å²) in [6.07, 6.45) is 0. The van der Waals surface area contributed by atoms with E-state index >= 15 is 0 Å². The van der Waals surface area contributed by atoms with Crippen LogP contribution in [0.3, 0.4) is 0 Å². The van der Waals surface area contributed by atoms with Crippen LogP contribution >= 0.6 is 0 Å². The Hall–Kier alpha value is -3.02. The molecule has 0 bridgehead atoms. The fourth-order valence-corrected chi connectivity index (χ4v) is 2.58. The molecule has 0 unspecified atom stereocenters. The van der Waals surface area contributed by atoms with Crippen LogP contribution in [0.15, 0.2) is 59.6 Å². The molecule has 0 heterocycles. The van der Waals surface area contributed by atoms with Crippen LogP contribution in [0.2, 0.25) is 0 Å². The molecular formula is C21H28N4O2. The number of rotatable bonds is 8. The molecular weight excluding hydrogens is 340 g/mol. The molecule has 0 fully saturated rings. The van der Waals surface area contributed by atoms with E-state index in [-0.39, 0.29) is 5.91 Å². The lowest BCUT2D eigenvalue weighted by molar-refractivity contribution is -0.114. The van der Waals surface area contributed by atoms with Gasteiger partial charge in [-0.15, -0.1) is 0 Å². The second kappa shape index (κ2) is 10.9. The summed E-state index contributed by atoms with van der Waals surface area (Å²) < 4.78 is 5.75. The molecule has 0 aliphatic heterocycles. The molecule has 144 valence electrons. The summed E-state index contributed by atoms with van der Waals surface area (Å²) in [5.41, 5.74) is 1.95. The van der Waals surface area contributed by atoms with E-state index in [1.54, 1.807) is 6.07 Å². The highest BCUT2D eigenvalue weighted by Gasteiger charge is 2.06. The smallest absolute Gasteiger partial charge is 0.221 e. The first kappa shape index (κ1) is 20.3. The summed E-state index contributed by atoms with van der Waals surface area (Å²) in [5, 5.41) is 6.05. The minimum atomic E-state index is -0.103. The second-order valence-electron chi connectivity index (χ2n) is 6.13. The minimum Gasteiger partial charge on any atom is -0.492 e. The van der Waals surface area contributed by atoms with Crippen LogP contribution in [0.5, 0.6) is 5.75 Å². The Labute approximate surface area is 161 Å². The number of amides is 1. The average molecular weight is 368 g/mol. The Morgan fingerprint density at radius 2 is 1.93 bits per heavy atom. The second-order valence-corrected chi connectivity index (χ2v) is 6.13. The monoisotopic (exact) mass is 368 g/mol. The van der Waals surface area contributed by atoms with Gasteiger partial charge in [0, 0.05) is 38.8 Å². The van der Waals surface area contributed by atoms with Crippen LogP contribution in [0.25, 0.3) is 0 Å². The van der Waals surface area contributed by atoms with Crippen LogP contribution in [-0.2, 0) is 11.3 Å². The number of carbonyl (C=O) groups excluding carboxylic acids is 1. The van der Waals surface area contributed by atoms with Gasteiger partial charge in [-0.05, 0) is 24.6 Å². The number of carbonyl (C=O) groups is 1. The number of benzene rings is 2. The van der Waals surface area contributed by atoms with E-state index in [0.717, 1.165) is 24.7 Å². The van der Waals surface area contributed by atoms with Gasteiger partial charge in [0.2, 0.25) is 5.91 Å². The van der Waals surface area contributed by atoms with Crippen LogP contribution in [0.4, 0.5) is 5.69 Å². The van der Waals surface area contributed by atoms with Gasteiger partial charge in [-0.25, -0.2) is 4.99 Å². The van der Waals surface area contributed by atoms with Crippen molar-refractivity contribution in [2.45, 2.75) is 20.4 Å². The first-order valence-corrected chi connectivity index (χ1v) is 9.12. The highest BCUT2D eigenvalue weighted by atomic mass is 16.5. The maximum atomic E-state index is 11.1. The zero-order chi connectivity index (χ0) is 19.5. The highest BCUT2D eigenvalue weighted by molar-refractivity contribution is 5.88. The minimum absolute atomic E-state index is 0.103. The molecule has 0 aliphatic carbocycles. The van der Waals surface area contributed by atoms with Crippen molar-refractivity contribution in [3.63, 3.8) is 0 Å². The summed E-state index contributed by atoms with van der Waals surface area (Å²) in [6, 6.07) is 17.6. The third kappa shape index (κ3) is 7.40. The average Bonchev–Trinajstić information content (AvgIpc) is 2.65. The summed E-state index contributed by atoms with van der Waals surface area (Å²) in [7, 11) is 2.02. The van der Waals surface area contributed by atoms with E-state index in [1.165, 1.54) is 12.5 Å². The Kier molecular flexibility index (Phi) is 8.16. The quantitative estimate of drug-likeness (QED) is 0.427. The number of anilines is 1. The fourth-order valence-electron chi connectivity index (χ4n) is 2.58. The predicted octanol–water partition coefficient (Wildman–Crippen LogP) is 3.12. The van der Waals surface area contributed by atoms with E-state index in [2.05, 4.69) is 39.6 Å². The van der Waals surface area contributed by atoms with Gasteiger partial charge in [0.1, 0.15) is 12.4 Å². The van der Waals surface area contributed by atoms with Crippen molar-refractivity contribution in [1.82, 2.24) is 10.2 Å². The van der Waals surface area contributed by atoms with Crippen molar-refractivity contribution in [2.24, 2.45) is 4.99 Å². The molecule has 1 amide bonds. The van der Waals surface area contributed by atoms with Crippen LogP contribution in [-0.4, -0.2) is 43.5 Å². The van der Waals surface area contributed by atoms with Crippen molar-refractivity contribution in [2.75, 3.05) is 32.1 Å². The number of aliphatic imine (C=N–C) groups is 1. The standard InChI is InChI=1S/C21H28N4O2/c1-4-22-21(25(3)16-18-9-6-5-7-10-18)23-13-14-27-20-12-8-11-19(15-20)24-17(2)26/h5-12,15H,4,13-14,16H2,1-3H3,(H,22,23)(H,24,26). The largest absolute Gasteiger partial charge is 0.492 e. The van der Waals surface area contributed by atoms with Gasteiger partial charge in [0.25, 0.3) is 0 Å².